The summed E-state index contributed by atoms with van der Waals surface area (Å²) in [5.41, 5.74) is 3.06. The normalized spacial score (nSPS) is 24.9. The molecule has 0 saturated heterocycles. The van der Waals surface area contributed by atoms with Crippen LogP contribution >= 0.6 is 0 Å². The van der Waals surface area contributed by atoms with Crippen molar-refractivity contribution >= 4 is 5.91 Å². The topological polar surface area (TPSA) is 29.1 Å². The van der Waals surface area contributed by atoms with E-state index in [1.807, 2.05) is 6.92 Å². The van der Waals surface area contributed by atoms with Gasteiger partial charge in [-0.25, -0.2) is 0 Å². The van der Waals surface area contributed by atoms with Gasteiger partial charge in [0.05, 0.1) is 0 Å². The highest BCUT2D eigenvalue weighted by Crippen LogP contribution is 2.24. The summed E-state index contributed by atoms with van der Waals surface area (Å²) in [7, 11) is 0. The van der Waals surface area contributed by atoms with Gasteiger partial charge in [-0.3, -0.25) is 4.79 Å². The summed E-state index contributed by atoms with van der Waals surface area (Å²) >= 11 is 0. The molecule has 0 heterocycles. The lowest BCUT2D eigenvalue weighted by molar-refractivity contribution is -0.118. The summed E-state index contributed by atoms with van der Waals surface area (Å²) in [5, 5.41) is 3.29. The Morgan fingerprint density at radius 1 is 1.10 bits per heavy atom. The Kier molecular flexibility index (Phi) is 5.84. The molecule has 0 spiro atoms. The zero-order valence-corrected chi connectivity index (χ0v) is 13.7. The highest BCUT2D eigenvalue weighted by Gasteiger charge is 2.20. The number of amides is 1. The smallest absolute Gasteiger partial charge is 0.252 e. The summed E-state index contributed by atoms with van der Waals surface area (Å²) < 4.78 is 0. The Morgan fingerprint density at radius 3 is 2.38 bits per heavy atom. The van der Waals surface area contributed by atoms with Crippen molar-refractivity contribution in [1.82, 2.24) is 5.32 Å². The molecule has 2 aliphatic carbocycles. The average Bonchev–Trinajstić information content (AvgIpc) is 2.51. The molecule has 2 heteroatoms. The van der Waals surface area contributed by atoms with Crippen LogP contribution in [0.5, 0.6) is 0 Å². The third-order valence-corrected chi connectivity index (χ3v) is 4.62. The maximum absolute atomic E-state index is 12.7. The van der Waals surface area contributed by atoms with Gasteiger partial charge in [-0.1, -0.05) is 57.3 Å². The van der Waals surface area contributed by atoms with Crippen molar-refractivity contribution in [2.75, 3.05) is 0 Å². The molecule has 0 aromatic carbocycles. The maximum atomic E-state index is 12.7. The Labute approximate surface area is 129 Å². The molecule has 0 radical (unpaired) electrons. The van der Waals surface area contributed by atoms with Crippen molar-refractivity contribution < 1.29 is 4.79 Å². The van der Waals surface area contributed by atoms with Gasteiger partial charge in [0.25, 0.3) is 5.91 Å². The van der Waals surface area contributed by atoms with Crippen LogP contribution in [0.1, 0.15) is 65.7 Å². The minimum Gasteiger partial charge on any atom is -0.349 e. The fraction of sp³-hybridized carbons (Fsp3) is 0.632. The molecule has 1 unspecified atom stereocenters. The van der Waals surface area contributed by atoms with E-state index in [1.165, 1.54) is 32.1 Å². The second-order valence-electron chi connectivity index (χ2n) is 6.64. The lowest BCUT2D eigenvalue weighted by Crippen LogP contribution is -2.36. The molecule has 2 nitrogen and oxygen atoms in total. The molecule has 2 aliphatic rings. The molecular formula is C19H29NO. The Morgan fingerprint density at radius 2 is 1.71 bits per heavy atom. The first-order chi connectivity index (χ1) is 10.1. The van der Waals surface area contributed by atoms with Crippen LogP contribution in [0, 0.1) is 5.92 Å². The van der Waals surface area contributed by atoms with Crippen LogP contribution in [-0.2, 0) is 4.79 Å². The lowest BCUT2D eigenvalue weighted by atomic mass is 9.95. The van der Waals surface area contributed by atoms with E-state index in [0.29, 0.717) is 12.0 Å². The Bertz CT molecular complexity index is 462. The van der Waals surface area contributed by atoms with Crippen LogP contribution in [0.4, 0.5) is 0 Å². The molecule has 0 bridgehead atoms. The molecular weight excluding hydrogens is 258 g/mol. The fourth-order valence-electron chi connectivity index (χ4n) is 3.44. The zero-order chi connectivity index (χ0) is 15.2. The van der Waals surface area contributed by atoms with E-state index < -0.39 is 0 Å². The monoisotopic (exact) mass is 287 g/mol. The molecule has 1 N–H and O–H groups in total. The highest BCUT2D eigenvalue weighted by molar-refractivity contribution is 5.99. The second kappa shape index (κ2) is 7.63. The molecule has 116 valence electrons. The lowest BCUT2D eigenvalue weighted by Gasteiger charge is -2.22. The predicted molar refractivity (Wildman–Crippen MR) is 89.0 cm³/mol. The van der Waals surface area contributed by atoms with E-state index in [1.54, 1.807) is 0 Å². The first-order valence-electron chi connectivity index (χ1n) is 8.46. The molecule has 1 amide bonds. The van der Waals surface area contributed by atoms with Crippen LogP contribution in [-0.4, -0.2) is 11.9 Å². The highest BCUT2D eigenvalue weighted by atomic mass is 16.1. The minimum absolute atomic E-state index is 0.116. The summed E-state index contributed by atoms with van der Waals surface area (Å²) in [6.07, 6.45) is 15.2. The first-order valence-corrected chi connectivity index (χ1v) is 8.46. The van der Waals surface area contributed by atoms with Gasteiger partial charge in [-0.15, -0.1) is 0 Å². The third-order valence-electron chi connectivity index (χ3n) is 4.62. The van der Waals surface area contributed by atoms with Crippen LogP contribution < -0.4 is 5.32 Å². The summed E-state index contributed by atoms with van der Waals surface area (Å²) in [6.45, 7) is 6.25. The van der Waals surface area contributed by atoms with E-state index in [4.69, 9.17) is 0 Å². The maximum Gasteiger partial charge on any atom is 0.252 e. The standard InChI is InChI=1S/C19H29NO/c1-14-11-12-15(2)18(16(3)13-14)19(21)20-17-9-7-5-4-6-8-10-17/h11-14,17H,4-10H2,1-3H3,(H,20,21). The van der Waals surface area contributed by atoms with Crippen LogP contribution in [0.3, 0.4) is 0 Å². The molecule has 0 aromatic rings. The van der Waals surface area contributed by atoms with Gasteiger partial charge in [0.15, 0.2) is 0 Å². The third kappa shape index (κ3) is 4.59. The van der Waals surface area contributed by atoms with E-state index in [-0.39, 0.29) is 5.91 Å². The number of carbonyl (C=O) groups excluding carboxylic acids is 1. The molecule has 1 saturated carbocycles. The molecule has 0 aliphatic heterocycles. The number of carbonyl (C=O) groups is 1. The van der Waals surface area contributed by atoms with Gasteiger partial charge in [0.1, 0.15) is 0 Å². The van der Waals surface area contributed by atoms with Crippen molar-refractivity contribution in [2.24, 2.45) is 5.92 Å². The zero-order valence-electron chi connectivity index (χ0n) is 13.7. The van der Waals surface area contributed by atoms with Crippen molar-refractivity contribution in [2.45, 2.75) is 71.8 Å². The molecule has 1 fully saturated rings. The quantitative estimate of drug-likeness (QED) is 0.784. The van der Waals surface area contributed by atoms with E-state index in [9.17, 15) is 4.79 Å². The average molecular weight is 287 g/mol. The van der Waals surface area contributed by atoms with E-state index >= 15 is 0 Å². The Balaban J connectivity index is 2.07. The van der Waals surface area contributed by atoms with Gasteiger partial charge in [0.2, 0.25) is 0 Å². The predicted octanol–water partition coefficient (Wildman–Crippen LogP) is 4.68. The summed E-state index contributed by atoms with van der Waals surface area (Å²) in [4.78, 5) is 12.7. The fourth-order valence-corrected chi connectivity index (χ4v) is 3.44. The van der Waals surface area contributed by atoms with Gasteiger partial charge < -0.3 is 5.32 Å². The van der Waals surface area contributed by atoms with Crippen molar-refractivity contribution in [1.29, 1.82) is 0 Å². The van der Waals surface area contributed by atoms with Crippen LogP contribution in [0.15, 0.2) is 34.9 Å². The number of hydrogen-bond donors (Lipinski definition) is 1. The number of hydrogen-bond acceptors (Lipinski definition) is 1. The first kappa shape index (κ1) is 16.1. The SMILES string of the molecule is CC1=CC(C)C=CC(C)=C1C(=O)NC1CCCCCCC1. The van der Waals surface area contributed by atoms with E-state index in [2.05, 4.69) is 37.4 Å². The van der Waals surface area contributed by atoms with Gasteiger partial charge in [-0.05, 0) is 43.8 Å². The summed E-state index contributed by atoms with van der Waals surface area (Å²) in [5.74, 6) is 0.511. The molecule has 1 atom stereocenters. The van der Waals surface area contributed by atoms with Gasteiger partial charge in [0, 0.05) is 11.6 Å². The van der Waals surface area contributed by atoms with Gasteiger partial charge >= 0.3 is 0 Å². The van der Waals surface area contributed by atoms with Gasteiger partial charge in [-0.2, -0.15) is 0 Å². The number of allylic oxidation sites excluding steroid dienone is 4. The minimum atomic E-state index is 0.116. The Hall–Kier alpha value is -1.31. The molecule has 2 rings (SSSR count). The second-order valence-corrected chi connectivity index (χ2v) is 6.64. The number of nitrogens with one attached hydrogen (secondary N) is 1. The summed E-state index contributed by atoms with van der Waals surface area (Å²) in [6, 6.07) is 0.357. The van der Waals surface area contributed by atoms with Crippen molar-refractivity contribution in [3.8, 4) is 0 Å². The van der Waals surface area contributed by atoms with E-state index in [0.717, 1.165) is 29.6 Å². The molecule has 0 aromatic heterocycles. The van der Waals surface area contributed by atoms with Crippen LogP contribution in [0.25, 0.3) is 0 Å². The van der Waals surface area contributed by atoms with Crippen LogP contribution in [0.2, 0.25) is 0 Å². The van der Waals surface area contributed by atoms with Crippen molar-refractivity contribution in [3.05, 3.63) is 34.9 Å². The largest absolute Gasteiger partial charge is 0.349 e. The van der Waals surface area contributed by atoms with Crippen molar-refractivity contribution in [3.63, 3.8) is 0 Å². The molecule has 21 heavy (non-hydrogen) atoms. The number of rotatable bonds is 2.